The minimum atomic E-state index is -1.16. The Morgan fingerprint density at radius 3 is 2.88 bits per heavy atom. The van der Waals surface area contributed by atoms with Crippen molar-refractivity contribution in [3.8, 4) is 0 Å². The Labute approximate surface area is 188 Å². The summed E-state index contributed by atoms with van der Waals surface area (Å²) in [4.78, 5) is 14.2. The maximum atomic E-state index is 13.8. The van der Waals surface area contributed by atoms with Crippen LogP contribution >= 0.6 is 11.6 Å². The Balaban J connectivity index is 1.30. The Morgan fingerprint density at radius 1 is 1.28 bits per heavy atom. The number of rotatable bonds is 8. The third kappa shape index (κ3) is 4.68. The van der Waals surface area contributed by atoms with Crippen molar-refractivity contribution >= 4 is 28.6 Å². The monoisotopic (exact) mass is 465 g/mol. The molecule has 2 aromatic heterocycles. The molecule has 1 fully saturated rings. The number of aliphatic hydroxyl groups excluding tert-OH is 2. The molecule has 1 aliphatic rings. The van der Waals surface area contributed by atoms with Crippen LogP contribution in [0.1, 0.15) is 11.8 Å². The van der Waals surface area contributed by atoms with E-state index in [2.05, 4.69) is 20.3 Å². The summed E-state index contributed by atoms with van der Waals surface area (Å²) in [7, 11) is 1.88. The van der Waals surface area contributed by atoms with Crippen molar-refractivity contribution in [1.82, 2.24) is 29.7 Å². The summed E-state index contributed by atoms with van der Waals surface area (Å²) >= 11 is 5.77. The summed E-state index contributed by atoms with van der Waals surface area (Å²) in [6.07, 6.45) is -0.952. The van der Waals surface area contributed by atoms with Crippen molar-refractivity contribution in [3.63, 3.8) is 0 Å². The van der Waals surface area contributed by atoms with Crippen molar-refractivity contribution in [2.45, 2.75) is 31.1 Å². The molecule has 0 saturated carbocycles. The van der Waals surface area contributed by atoms with Gasteiger partial charge in [0.05, 0.1) is 6.33 Å². The maximum Gasteiger partial charge on any atom is 0.167 e. The van der Waals surface area contributed by atoms with Crippen LogP contribution in [0.3, 0.4) is 0 Å². The molecule has 0 bridgehead atoms. The summed E-state index contributed by atoms with van der Waals surface area (Å²) < 4.78 is 21.3. The van der Waals surface area contributed by atoms with Gasteiger partial charge in [-0.3, -0.25) is 4.57 Å². The number of nitrogens with zero attached hydrogens (tertiary/aromatic N) is 5. The van der Waals surface area contributed by atoms with Gasteiger partial charge in [-0.25, -0.2) is 19.3 Å². The van der Waals surface area contributed by atoms with E-state index in [0.29, 0.717) is 47.9 Å². The predicted octanol–water partition coefficient (Wildman–Crippen LogP) is 0.542. The van der Waals surface area contributed by atoms with Gasteiger partial charge in [0.1, 0.15) is 36.0 Å². The minimum Gasteiger partial charge on any atom is -0.387 e. The van der Waals surface area contributed by atoms with Crippen LogP contribution in [-0.2, 0) is 11.3 Å². The number of ether oxygens (including phenoxy) is 1. The summed E-state index contributed by atoms with van der Waals surface area (Å²) in [5.41, 5.74) is 7.17. The van der Waals surface area contributed by atoms with Gasteiger partial charge >= 0.3 is 0 Å². The number of anilines is 1. The van der Waals surface area contributed by atoms with Crippen molar-refractivity contribution < 1.29 is 19.3 Å². The van der Waals surface area contributed by atoms with Crippen LogP contribution in [0.4, 0.5) is 10.2 Å². The van der Waals surface area contributed by atoms with Crippen LogP contribution in [0, 0.1) is 5.82 Å². The second kappa shape index (κ2) is 9.61. The highest BCUT2D eigenvalue weighted by Gasteiger charge is 2.44. The van der Waals surface area contributed by atoms with Crippen LogP contribution in [-0.4, -0.2) is 79.6 Å². The standard InChI is InChI=1S/C20H25ClFN7O3/c1-28(5-4-24-7-11-2-3-12(21)6-13(11)22)8-14-16(30)17(31)20(32-14)29-10-27-15-18(23)25-9-26-19(15)29/h2-3,6,9-10,14,16-17,20,24,30-31H,4-5,7-8H2,1H3,(H2,23,25,26)/t14-,16-,17-,20-/m1/s1. The number of halogens is 2. The van der Waals surface area contributed by atoms with E-state index in [1.807, 2.05) is 11.9 Å². The van der Waals surface area contributed by atoms with Gasteiger partial charge in [-0.2, -0.15) is 0 Å². The smallest absolute Gasteiger partial charge is 0.167 e. The van der Waals surface area contributed by atoms with E-state index >= 15 is 0 Å². The number of nitrogens with one attached hydrogen (secondary N) is 1. The van der Waals surface area contributed by atoms with E-state index < -0.39 is 24.5 Å². The average Bonchev–Trinajstić information content (AvgIpc) is 3.30. The molecule has 32 heavy (non-hydrogen) atoms. The molecule has 1 aromatic carbocycles. The predicted molar refractivity (Wildman–Crippen MR) is 116 cm³/mol. The first-order chi connectivity index (χ1) is 15.3. The van der Waals surface area contributed by atoms with Crippen LogP contribution in [0.2, 0.25) is 5.02 Å². The molecule has 3 aromatic rings. The zero-order valence-electron chi connectivity index (χ0n) is 17.4. The molecule has 3 heterocycles. The highest BCUT2D eigenvalue weighted by Crippen LogP contribution is 2.32. The lowest BCUT2D eigenvalue weighted by atomic mass is 10.1. The second-order valence-corrected chi connectivity index (χ2v) is 8.24. The number of aliphatic hydroxyl groups is 2. The Bertz CT molecular complexity index is 1080. The molecule has 0 amide bonds. The number of nitrogen functional groups attached to an aromatic ring is 1. The molecule has 1 aliphatic heterocycles. The number of hydrogen-bond acceptors (Lipinski definition) is 9. The van der Waals surface area contributed by atoms with Gasteiger partial charge in [0.15, 0.2) is 17.7 Å². The largest absolute Gasteiger partial charge is 0.387 e. The number of imidazole rings is 1. The lowest BCUT2D eigenvalue weighted by Crippen LogP contribution is -2.40. The van der Waals surface area contributed by atoms with Crippen LogP contribution in [0.25, 0.3) is 11.2 Å². The van der Waals surface area contributed by atoms with Gasteiger partial charge in [0, 0.05) is 36.8 Å². The van der Waals surface area contributed by atoms with Gasteiger partial charge in [0.25, 0.3) is 0 Å². The summed E-state index contributed by atoms with van der Waals surface area (Å²) in [6, 6.07) is 4.59. The van der Waals surface area contributed by atoms with Crippen molar-refractivity contribution in [2.24, 2.45) is 0 Å². The number of fused-ring (bicyclic) bond motifs is 1. The van der Waals surface area contributed by atoms with Gasteiger partial charge < -0.3 is 30.9 Å². The minimum absolute atomic E-state index is 0.226. The molecule has 0 unspecified atom stereocenters. The molecular formula is C20H25ClFN7O3. The molecule has 1 saturated heterocycles. The first kappa shape index (κ1) is 22.8. The van der Waals surface area contributed by atoms with E-state index in [1.54, 1.807) is 16.7 Å². The molecule has 4 rings (SSSR count). The molecule has 4 atom stereocenters. The summed E-state index contributed by atoms with van der Waals surface area (Å²) in [6.45, 7) is 1.98. The van der Waals surface area contributed by atoms with E-state index in [1.165, 1.54) is 18.7 Å². The quantitative estimate of drug-likeness (QED) is 0.351. The van der Waals surface area contributed by atoms with Crippen molar-refractivity contribution in [1.29, 1.82) is 0 Å². The normalized spacial score (nSPS) is 23.4. The number of nitrogens with two attached hydrogens (primary N) is 1. The topological polar surface area (TPSA) is 135 Å². The zero-order chi connectivity index (χ0) is 22.8. The highest BCUT2D eigenvalue weighted by atomic mass is 35.5. The van der Waals surface area contributed by atoms with E-state index in [-0.39, 0.29) is 11.6 Å². The fraction of sp³-hybridized carbons (Fsp3) is 0.450. The summed E-state index contributed by atoms with van der Waals surface area (Å²) in [5.74, 6) is -0.121. The van der Waals surface area contributed by atoms with Crippen LogP contribution in [0.15, 0.2) is 30.9 Å². The Hall–Kier alpha value is -2.41. The van der Waals surface area contributed by atoms with Gasteiger partial charge in [-0.15, -0.1) is 0 Å². The molecule has 12 heteroatoms. The summed E-state index contributed by atoms with van der Waals surface area (Å²) in [5, 5.41) is 24.6. The number of benzene rings is 1. The fourth-order valence-electron chi connectivity index (χ4n) is 3.72. The van der Waals surface area contributed by atoms with Gasteiger partial charge in [-0.05, 0) is 19.2 Å². The Morgan fingerprint density at radius 2 is 2.09 bits per heavy atom. The van der Waals surface area contributed by atoms with Crippen molar-refractivity contribution in [2.75, 3.05) is 32.4 Å². The van der Waals surface area contributed by atoms with Gasteiger partial charge in [-0.1, -0.05) is 17.7 Å². The molecule has 172 valence electrons. The lowest BCUT2D eigenvalue weighted by molar-refractivity contribution is -0.0420. The average molecular weight is 466 g/mol. The van der Waals surface area contributed by atoms with Crippen LogP contribution < -0.4 is 11.1 Å². The first-order valence-electron chi connectivity index (χ1n) is 10.1. The zero-order valence-corrected chi connectivity index (χ0v) is 18.2. The molecular weight excluding hydrogens is 441 g/mol. The fourth-order valence-corrected chi connectivity index (χ4v) is 3.88. The molecule has 0 spiro atoms. The number of likely N-dealkylation sites (N-methyl/N-ethyl adjacent to an activating group) is 1. The Kier molecular flexibility index (Phi) is 6.84. The van der Waals surface area contributed by atoms with Gasteiger partial charge in [0.2, 0.25) is 0 Å². The van der Waals surface area contributed by atoms with Crippen LogP contribution in [0.5, 0.6) is 0 Å². The molecule has 0 aliphatic carbocycles. The van der Waals surface area contributed by atoms with Crippen molar-refractivity contribution in [3.05, 3.63) is 47.3 Å². The number of aromatic nitrogens is 4. The van der Waals surface area contributed by atoms with E-state index in [4.69, 9.17) is 22.1 Å². The highest BCUT2D eigenvalue weighted by molar-refractivity contribution is 6.30. The SMILES string of the molecule is CN(CCNCc1ccc(Cl)cc1F)C[C@H]1O[C@@H](n2cnc3c(N)ncnc32)[C@H](O)[C@@H]1O. The second-order valence-electron chi connectivity index (χ2n) is 7.80. The third-order valence-corrected chi connectivity index (χ3v) is 5.73. The molecule has 10 nitrogen and oxygen atoms in total. The van der Waals surface area contributed by atoms with E-state index in [0.717, 1.165) is 0 Å². The maximum absolute atomic E-state index is 13.8. The molecule has 5 N–H and O–H groups in total. The first-order valence-corrected chi connectivity index (χ1v) is 10.5. The molecule has 0 radical (unpaired) electrons. The third-order valence-electron chi connectivity index (χ3n) is 5.49. The number of hydrogen-bond donors (Lipinski definition) is 4. The lowest BCUT2D eigenvalue weighted by Gasteiger charge is -2.23. The van der Waals surface area contributed by atoms with E-state index in [9.17, 15) is 14.6 Å².